The average Bonchev–Trinajstić information content (AvgIpc) is 3.29. The largest absolute Gasteiger partial charge is 0.366 e. The fourth-order valence-electron chi connectivity index (χ4n) is 3.46. The minimum absolute atomic E-state index is 0.172. The number of allylic oxidation sites excluding steroid dienone is 3. The number of nitrogens with zero attached hydrogens (tertiary/aromatic N) is 4. The third-order valence-corrected chi connectivity index (χ3v) is 5.54. The summed E-state index contributed by atoms with van der Waals surface area (Å²) in [5.41, 5.74) is 3.89. The SMILES string of the molecule is C/C=C/c1cc(NC2=N/C(NCc3cccnc3)=C/CC(C)C(/C=C/c3cccc(Cl)c3)=N\2)n[nH]1. The molecule has 3 heterocycles. The van der Waals surface area contributed by atoms with Crippen LogP contribution in [-0.4, -0.2) is 26.9 Å². The van der Waals surface area contributed by atoms with Gasteiger partial charge in [-0.15, -0.1) is 0 Å². The van der Waals surface area contributed by atoms with Crippen LogP contribution in [0.1, 0.15) is 37.1 Å². The summed E-state index contributed by atoms with van der Waals surface area (Å²) >= 11 is 6.14. The van der Waals surface area contributed by atoms with E-state index < -0.39 is 0 Å². The zero-order valence-corrected chi connectivity index (χ0v) is 20.5. The maximum atomic E-state index is 6.14. The summed E-state index contributed by atoms with van der Waals surface area (Å²) in [6, 6.07) is 13.6. The molecule has 0 aliphatic carbocycles. The highest BCUT2D eigenvalue weighted by Gasteiger charge is 2.14. The van der Waals surface area contributed by atoms with Gasteiger partial charge in [0.25, 0.3) is 0 Å². The minimum Gasteiger partial charge on any atom is -0.366 e. The van der Waals surface area contributed by atoms with Crippen LogP contribution in [-0.2, 0) is 6.54 Å². The molecule has 1 atom stereocenters. The Hall–Kier alpha value is -3.97. The van der Waals surface area contributed by atoms with E-state index in [4.69, 9.17) is 21.6 Å². The van der Waals surface area contributed by atoms with Crippen molar-refractivity contribution < 1.29 is 0 Å². The number of hydrogen-bond acceptors (Lipinski definition) is 6. The number of H-pyrrole nitrogens is 1. The molecule has 2 aromatic heterocycles. The predicted molar refractivity (Wildman–Crippen MR) is 145 cm³/mol. The Kier molecular flexibility index (Phi) is 8.25. The second kappa shape index (κ2) is 11.9. The van der Waals surface area contributed by atoms with Crippen molar-refractivity contribution in [3.63, 3.8) is 0 Å². The molecular formula is C27H28ClN7. The van der Waals surface area contributed by atoms with Gasteiger partial charge in [0.05, 0.1) is 5.69 Å². The summed E-state index contributed by atoms with van der Waals surface area (Å²) in [6.45, 7) is 4.73. The average molecular weight is 486 g/mol. The molecular weight excluding hydrogens is 458 g/mol. The highest BCUT2D eigenvalue weighted by Crippen LogP contribution is 2.17. The molecule has 1 unspecified atom stereocenters. The summed E-state index contributed by atoms with van der Waals surface area (Å²) in [4.78, 5) is 13.8. The maximum absolute atomic E-state index is 6.14. The first-order chi connectivity index (χ1) is 17.1. The molecule has 0 fully saturated rings. The molecule has 0 saturated heterocycles. The van der Waals surface area contributed by atoms with Gasteiger partial charge in [0.1, 0.15) is 5.82 Å². The Bertz CT molecular complexity index is 1290. The number of aliphatic imine (C=N–C) groups is 2. The fourth-order valence-corrected chi connectivity index (χ4v) is 3.66. The van der Waals surface area contributed by atoms with Gasteiger partial charge in [-0.1, -0.05) is 48.9 Å². The predicted octanol–water partition coefficient (Wildman–Crippen LogP) is 6.08. The van der Waals surface area contributed by atoms with E-state index in [1.807, 2.05) is 79.9 Å². The Morgan fingerprint density at radius 2 is 2.03 bits per heavy atom. The van der Waals surface area contributed by atoms with Gasteiger partial charge < -0.3 is 10.6 Å². The van der Waals surface area contributed by atoms with E-state index in [0.29, 0.717) is 23.3 Å². The Morgan fingerprint density at radius 1 is 1.11 bits per heavy atom. The van der Waals surface area contributed by atoms with Gasteiger partial charge in [-0.2, -0.15) is 10.1 Å². The van der Waals surface area contributed by atoms with Gasteiger partial charge in [-0.3, -0.25) is 10.1 Å². The van der Waals surface area contributed by atoms with E-state index in [0.717, 1.165) is 34.8 Å². The number of aromatic nitrogens is 3. The van der Waals surface area contributed by atoms with Crippen LogP contribution in [0.15, 0.2) is 88.9 Å². The number of benzene rings is 1. The monoisotopic (exact) mass is 485 g/mol. The molecule has 0 spiro atoms. The van der Waals surface area contributed by atoms with Crippen LogP contribution >= 0.6 is 11.6 Å². The second-order valence-corrected chi connectivity index (χ2v) is 8.57. The number of guanidine groups is 1. The van der Waals surface area contributed by atoms with Crippen LogP contribution in [0.5, 0.6) is 0 Å². The maximum Gasteiger partial charge on any atom is 0.230 e. The van der Waals surface area contributed by atoms with Crippen molar-refractivity contribution in [2.45, 2.75) is 26.8 Å². The van der Waals surface area contributed by atoms with Gasteiger partial charge in [-0.05, 0) is 60.9 Å². The lowest BCUT2D eigenvalue weighted by Crippen LogP contribution is -2.21. The van der Waals surface area contributed by atoms with E-state index in [1.54, 1.807) is 6.20 Å². The standard InChI is InChI=1S/C27H28ClN7/c1-3-6-23-16-26(35-34-23)33-27-31-24(12-11-20-7-4-9-22(28)15-20)19(2)10-13-25(32-27)30-18-21-8-5-14-29-17-21/h3-9,11-17,19,30H,10,18H2,1-2H3,(H2,32,33,34,35)/b6-3+,12-11+,25-13+,31-24-. The molecule has 178 valence electrons. The van der Waals surface area contributed by atoms with Crippen molar-refractivity contribution in [3.8, 4) is 0 Å². The molecule has 1 aliphatic rings. The molecule has 0 bridgehead atoms. The fraction of sp³-hybridized carbons (Fsp3) is 0.185. The number of rotatable bonds is 7. The number of hydrogen-bond donors (Lipinski definition) is 3. The van der Waals surface area contributed by atoms with Crippen molar-refractivity contribution in [1.82, 2.24) is 20.5 Å². The Labute approximate surface area is 210 Å². The molecule has 1 aromatic carbocycles. The van der Waals surface area contributed by atoms with Crippen molar-refractivity contribution in [3.05, 3.63) is 101 Å². The molecule has 0 amide bonds. The molecule has 1 aliphatic heterocycles. The topological polar surface area (TPSA) is 90.3 Å². The molecule has 7 nitrogen and oxygen atoms in total. The van der Waals surface area contributed by atoms with Gasteiger partial charge in [0.2, 0.25) is 5.96 Å². The van der Waals surface area contributed by atoms with Crippen molar-refractivity contribution in [2.75, 3.05) is 5.32 Å². The molecule has 35 heavy (non-hydrogen) atoms. The quantitative estimate of drug-likeness (QED) is 0.378. The minimum atomic E-state index is 0.172. The van der Waals surface area contributed by atoms with E-state index in [-0.39, 0.29) is 5.92 Å². The number of aromatic amines is 1. The van der Waals surface area contributed by atoms with Crippen molar-refractivity contribution in [2.24, 2.45) is 15.9 Å². The summed E-state index contributed by atoms with van der Waals surface area (Å²) in [7, 11) is 0. The van der Waals surface area contributed by atoms with Gasteiger partial charge >= 0.3 is 0 Å². The lowest BCUT2D eigenvalue weighted by atomic mass is 9.99. The van der Waals surface area contributed by atoms with Gasteiger partial charge in [0.15, 0.2) is 5.82 Å². The van der Waals surface area contributed by atoms with Crippen LogP contribution in [0.2, 0.25) is 5.02 Å². The molecule has 3 N–H and O–H groups in total. The lowest BCUT2D eigenvalue weighted by molar-refractivity contribution is 0.745. The summed E-state index contributed by atoms with van der Waals surface area (Å²) in [5.74, 6) is 2.00. The molecule has 4 rings (SSSR count). The third-order valence-electron chi connectivity index (χ3n) is 5.31. The number of nitrogens with one attached hydrogen (secondary N) is 3. The highest BCUT2D eigenvalue weighted by atomic mass is 35.5. The first-order valence-electron chi connectivity index (χ1n) is 11.5. The van der Waals surface area contributed by atoms with E-state index >= 15 is 0 Å². The third kappa shape index (κ3) is 7.25. The molecule has 0 radical (unpaired) electrons. The number of halogens is 1. The normalized spacial score (nSPS) is 20.9. The number of pyridine rings is 1. The second-order valence-electron chi connectivity index (χ2n) is 8.13. The first-order valence-corrected chi connectivity index (χ1v) is 11.9. The van der Waals surface area contributed by atoms with Crippen molar-refractivity contribution >= 4 is 41.2 Å². The molecule has 3 aromatic rings. The van der Waals surface area contributed by atoms with Crippen molar-refractivity contribution in [1.29, 1.82) is 0 Å². The lowest BCUT2D eigenvalue weighted by Gasteiger charge is -2.16. The summed E-state index contributed by atoms with van der Waals surface area (Å²) in [5, 5.41) is 14.7. The molecule has 0 saturated carbocycles. The Morgan fingerprint density at radius 3 is 2.83 bits per heavy atom. The van der Waals surface area contributed by atoms with E-state index in [9.17, 15) is 0 Å². The Balaban J connectivity index is 1.61. The zero-order chi connectivity index (χ0) is 24.5. The van der Waals surface area contributed by atoms with Gasteiger partial charge in [-0.25, -0.2) is 4.99 Å². The highest BCUT2D eigenvalue weighted by molar-refractivity contribution is 6.30. The van der Waals surface area contributed by atoms with Crippen LogP contribution in [0.25, 0.3) is 12.2 Å². The van der Waals surface area contributed by atoms with Crippen LogP contribution in [0.3, 0.4) is 0 Å². The van der Waals surface area contributed by atoms with E-state index in [1.165, 1.54) is 0 Å². The summed E-state index contributed by atoms with van der Waals surface area (Å²) in [6.07, 6.45) is 14.4. The number of anilines is 1. The summed E-state index contributed by atoms with van der Waals surface area (Å²) < 4.78 is 0. The zero-order valence-electron chi connectivity index (χ0n) is 19.7. The van der Waals surface area contributed by atoms with E-state index in [2.05, 4.69) is 38.8 Å². The van der Waals surface area contributed by atoms with Crippen LogP contribution in [0, 0.1) is 5.92 Å². The van der Waals surface area contributed by atoms with Crippen LogP contribution in [0.4, 0.5) is 5.82 Å². The van der Waals surface area contributed by atoms with Gasteiger partial charge in [0, 0.05) is 41.7 Å². The smallest absolute Gasteiger partial charge is 0.230 e. The first kappa shape index (κ1) is 24.2. The van der Waals surface area contributed by atoms with Crippen LogP contribution < -0.4 is 10.6 Å². The molecule has 8 heteroatoms.